The van der Waals surface area contributed by atoms with Crippen LogP contribution in [0.4, 0.5) is 5.69 Å². The number of nitrogens with two attached hydrogens (primary N) is 1. The molecule has 0 bridgehead atoms. The highest BCUT2D eigenvalue weighted by Crippen LogP contribution is 2.40. The molecule has 3 unspecified atom stereocenters. The average Bonchev–Trinajstić information content (AvgIpc) is 3.00. The van der Waals surface area contributed by atoms with Crippen LogP contribution in [0.1, 0.15) is 18.4 Å². The summed E-state index contributed by atoms with van der Waals surface area (Å²) in [6, 6.07) is 6.75. The molecule has 0 spiro atoms. The van der Waals surface area contributed by atoms with Gasteiger partial charge in [-0.3, -0.25) is 9.59 Å². The van der Waals surface area contributed by atoms with Gasteiger partial charge in [0.2, 0.25) is 5.91 Å². The van der Waals surface area contributed by atoms with Crippen LogP contribution in [0.15, 0.2) is 24.3 Å². The van der Waals surface area contributed by atoms with Gasteiger partial charge in [0, 0.05) is 18.3 Å². The molecular weight excluding hydrogens is 272 g/mol. The summed E-state index contributed by atoms with van der Waals surface area (Å²) in [6.07, 6.45) is 0. The van der Waals surface area contributed by atoms with Crippen molar-refractivity contribution in [2.24, 2.45) is 11.1 Å². The number of anilines is 1. The zero-order chi connectivity index (χ0) is 15.2. The Hall–Kier alpha value is -1.92. The molecule has 3 atom stereocenters. The van der Waals surface area contributed by atoms with Crippen molar-refractivity contribution in [1.82, 2.24) is 0 Å². The van der Waals surface area contributed by atoms with Crippen molar-refractivity contribution in [3.63, 3.8) is 0 Å². The van der Waals surface area contributed by atoms with E-state index in [0.717, 1.165) is 0 Å². The molecule has 2 aliphatic rings. The van der Waals surface area contributed by atoms with E-state index in [0.29, 0.717) is 17.9 Å². The Morgan fingerprint density at radius 3 is 2.76 bits per heavy atom. The Balaban J connectivity index is 1.97. The lowest BCUT2D eigenvalue weighted by Crippen LogP contribution is -2.51. The van der Waals surface area contributed by atoms with E-state index in [1.807, 2.05) is 0 Å². The fraction of sp³-hybridized carbons (Fsp3) is 0.467. The third kappa shape index (κ3) is 2.02. The molecule has 6 nitrogen and oxygen atoms in total. The maximum absolute atomic E-state index is 12.9. The smallest absolute Gasteiger partial charge is 0.312 e. The second-order valence-electron chi connectivity index (χ2n) is 5.90. The minimum Gasteiger partial charge on any atom is -0.481 e. The molecule has 1 fully saturated rings. The van der Waals surface area contributed by atoms with Gasteiger partial charge in [0.1, 0.15) is 5.92 Å². The standard InChI is InChI=1S/C15H18N2O4/c1-15(8-21-7-12(15)16)14(20)17-6-10(13(18)19)9-4-2-3-5-11(9)17/h2-5,10,12H,6-8,16H2,1H3,(H,18,19). The molecule has 3 rings (SSSR count). The number of nitrogens with zero attached hydrogens (tertiary/aromatic N) is 1. The van der Waals surface area contributed by atoms with Crippen molar-refractivity contribution in [3.05, 3.63) is 29.8 Å². The Bertz CT molecular complexity index is 603. The third-order valence-corrected chi connectivity index (χ3v) is 4.52. The van der Waals surface area contributed by atoms with Crippen molar-refractivity contribution in [1.29, 1.82) is 0 Å². The molecule has 21 heavy (non-hydrogen) atoms. The number of carbonyl (C=O) groups is 2. The number of fused-ring (bicyclic) bond motifs is 1. The highest BCUT2D eigenvalue weighted by Gasteiger charge is 2.49. The van der Waals surface area contributed by atoms with Gasteiger partial charge < -0.3 is 20.5 Å². The van der Waals surface area contributed by atoms with Gasteiger partial charge in [-0.25, -0.2) is 0 Å². The number of hydrogen-bond acceptors (Lipinski definition) is 4. The lowest BCUT2D eigenvalue weighted by Gasteiger charge is -2.31. The van der Waals surface area contributed by atoms with E-state index in [4.69, 9.17) is 10.5 Å². The summed E-state index contributed by atoms with van der Waals surface area (Å²) in [4.78, 5) is 25.8. The van der Waals surface area contributed by atoms with Gasteiger partial charge in [0.05, 0.1) is 18.6 Å². The van der Waals surface area contributed by atoms with E-state index in [1.165, 1.54) is 0 Å². The quantitative estimate of drug-likeness (QED) is 0.830. The van der Waals surface area contributed by atoms with E-state index >= 15 is 0 Å². The minimum absolute atomic E-state index is 0.149. The monoisotopic (exact) mass is 290 g/mol. The summed E-state index contributed by atoms with van der Waals surface area (Å²) >= 11 is 0. The lowest BCUT2D eigenvalue weighted by atomic mass is 9.84. The van der Waals surface area contributed by atoms with Crippen LogP contribution in [-0.4, -0.2) is 42.8 Å². The largest absolute Gasteiger partial charge is 0.481 e. The number of carboxylic acid groups (broad SMARTS) is 1. The Labute approximate surface area is 122 Å². The number of rotatable bonds is 2. The van der Waals surface area contributed by atoms with E-state index in [2.05, 4.69) is 0 Å². The van der Waals surface area contributed by atoms with Gasteiger partial charge in [0.15, 0.2) is 0 Å². The molecule has 0 aliphatic carbocycles. The lowest BCUT2D eigenvalue weighted by molar-refractivity contribution is -0.138. The zero-order valence-electron chi connectivity index (χ0n) is 11.8. The number of carbonyl (C=O) groups excluding carboxylic acids is 1. The Morgan fingerprint density at radius 1 is 1.43 bits per heavy atom. The van der Waals surface area contributed by atoms with Crippen LogP contribution in [0.2, 0.25) is 0 Å². The number of benzene rings is 1. The maximum atomic E-state index is 12.9. The molecule has 1 aromatic rings. The molecule has 0 radical (unpaired) electrons. The molecule has 1 saturated heterocycles. The second-order valence-corrected chi connectivity index (χ2v) is 5.90. The second kappa shape index (κ2) is 4.82. The first-order chi connectivity index (χ1) is 9.95. The van der Waals surface area contributed by atoms with Crippen LogP contribution in [0.25, 0.3) is 0 Å². The van der Waals surface area contributed by atoms with Gasteiger partial charge in [-0.15, -0.1) is 0 Å². The molecule has 0 saturated carbocycles. The van der Waals surface area contributed by atoms with E-state index in [9.17, 15) is 14.7 Å². The van der Waals surface area contributed by atoms with Crippen LogP contribution in [0.3, 0.4) is 0 Å². The summed E-state index contributed by atoms with van der Waals surface area (Å²) in [5.41, 5.74) is 6.54. The normalized spacial score (nSPS) is 31.2. The van der Waals surface area contributed by atoms with Crippen LogP contribution in [0.5, 0.6) is 0 Å². The van der Waals surface area contributed by atoms with Crippen LogP contribution < -0.4 is 10.6 Å². The number of amides is 1. The molecule has 3 N–H and O–H groups in total. The first-order valence-corrected chi connectivity index (χ1v) is 6.92. The number of carboxylic acids is 1. The molecular formula is C15H18N2O4. The summed E-state index contributed by atoms with van der Waals surface area (Å²) in [5.74, 6) is -1.77. The predicted octanol–water partition coefficient (Wildman–Crippen LogP) is 0.565. The van der Waals surface area contributed by atoms with Gasteiger partial charge >= 0.3 is 5.97 Å². The predicted molar refractivity (Wildman–Crippen MR) is 76.1 cm³/mol. The molecule has 2 aliphatic heterocycles. The zero-order valence-corrected chi connectivity index (χ0v) is 11.8. The van der Waals surface area contributed by atoms with Crippen LogP contribution in [0, 0.1) is 5.41 Å². The van der Waals surface area contributed by atoms with Crippen molar-refractivity contribution in [2.75, 3.05) is 24.7 Å². The SMILES string of the molecule is CC1(C(=O)N2CC(C(=O)O)c3ccccc32)COCC1N. The first-order valence-electron chi connectivity index (χ1n) is 6.92. The maximum Gasteiger partial charge on any atom is 0.312 e. The highest BCUT2D eigenvalue weighted by atomic mass is 16.5. The summed E-state index contributed by atoms with van der Waals surface area (Å²) in [5, 5.41) is 9.35. The molecule has 0 aromatic heterocycles. The number of aliphatic carboxylic acids is 1. The number of ether oxygens (including phenoxy) is 1. The van der Waals surface area contributed by atoms with E-state index in [-0.39, 0.29) is 25.1 Å². The molecule has 1 aromatic carbocycles. The summed E-state index contributed by atoms with van der Waals surface area (Å²) < 4.78 is 5.33. The van der Waals surface area contributed by atoms with Crippen molar-refractivity contribution >= 4 is 17.6 Å². The molecule has 2 heterocycles. The van der Waals surface area contributed by atoms with Gasteiger partial charge in [-0.05, 0) is 18.6 Å². The number of hydrogen-bond donors (Lipinski definition) is 2. The Kier molecular flexibility index (Phi) is 3.22. The molecule has 1 amide bonds. The number of para-hydroxylation sites is 1. The van der Waals surface area contributed by atoms with Crippen molar-refractivity contribution < 1.29 is 19.4 Å². The minimum atomic E-state index is -0.921. The van der Waals surface area contributed by atoms with E-state index in [1.54, 1.807) is 36.1 Å². The fourth-order valence-corrected chi connectivity index (χ4v) is 3.03. The molecule has 6 heteroatoms. The van der Waals surface area contributed by atoms with Crippen molar-refractivity contribution in [2.45, 2.75) is 18.9 Å². The third-order valence-electron chi connectivity index (χ3n) is 4.52. The summed E-state index contributed by atoms with van der Waals surface area (Å²) in [7, 11) is 0. The van der Waals surface area contributed by atoms with Gasteiger partial charge in [-0.1, -0.05) is 18.2 Å². The Morgan fingerprint density at radius 2 is 2.14 bits per heavy atom. The highest BCUT2D eigenvalue weighted by molar-refractivity contribution is 6.02. The van der Waals surface area contributed by atoms with Crippen molar-refractivity contribution in [3.8, 4) is 0 Å². The van der Waals surface area contributed by atoms with Gasteiger partial charge in [0.25, 0.3) is 0 Å². The molecule has 112 valence electrons. The van der Waals surface area contributed by atoms with Gasteiger partial charge in [-0.2, -0.15) is 0 Å². The summed E-state index contributed by atoms with van der Waals surface area (Å²) in [6.45, 7) is 2.54. The fourth-order valence-electron chi connectivity index (χ4n) is 3.03. The average molecular weight is 290 g/mol. The van der Waals surface area contributed by atoms with E-state index < -0.39 is 17.3 Å². The first kappa shape index (κ1) is 14.0. The van der Waals surface area contributed by atoms with Crippen LogP contribution >= 0.6 is 0 Å². The topological polar surface area (TPSA) is 92.9 Å². The van der Waals surface area contributed by atoms with Crippen LogP contribution in [-0.2, 0) is 14.3 Å².